The van der Waals surface area contributed by atoms with Gasteiger partial charge in [0.1, 0.15) is 5.75 Å². The molecular formula is C13H14N2O3. The Hall–Kier alpha value is -2.30. The standard InChI is InChI=1S/C13H14N2O3/c1-17-12-8-10(13(16)18-2)4-5-11(12)9-15-7-3-6-14-15/h3-8H,9H2,1-2H3. The van der Waals surface area contributed by atoms with E-state index in [9.17, 15) is 4.79 Å². The van der Waals surface area contributed by atoms with Gasteiger partial charge in [-0.25, -0.2) is 4.79 Å². The maximum Gasteiger partial charge on any atom is 0.337 e. The number of benzene rings is 1. The summed E-state index contributed by atoms with van der Waals surface area (Å²) in [5, 5.41) is 4.13. The third-order valence-electron chi connectivity index (χ3n) is 2.60. The monoisotopic (exact) mass is 246 g/mol. The molecule has 0 fully saturated rings. The molecule has 0 amide bonds. The topological polar surface area (TPSA) is 53.4 Å². The minimum absolute atomic E-state index is 0.376. The van der Waals surface area contributed by atoms with Gasteiger partial charge in [0.2, 0.25) is 0 Å². The second kappa shape index (κ2) is 5.35. The highest BCUT2D eigenvalue weighted by Crippen LogP contribution is 2.21. The molecule has 5 heteroatoms. The average molecular weight is 246 g/mol. The van der Waals surface area contributed by atoms with E-state index in [2.05, 4.69) is 9.84 Å². The predicted molar refractivity (Wildman–Crippen MR) is 65.7 cm³/mol. The van der Waals surface area contributed by atoms with Crippen LogP contribution in [0.3, 0.4) is 0 Å². The lowest BCUT2D eigenvalue weighted by Crippen LogP contribution is -2.05. The minimum Gasteiger partial charge on any atom is -0.496 e. The van der Waals surface area contributed by atoms with Gasteiger partial charge in [-0.1, -0.05) is 6.07 Å². The van der Waals surface area contributed by atoms with Crippen molar-refractivity contribution in [2.75, 3.05) is 14.2 Å². The van der Waals surface area contributed by atoms with Gasteiger partial charge in [-0.3, -0.25) is 4.68 Å². The second-order valence-electron chi connectivity index (χ2n) is 3.72. The molecule has 0 saturated heterocycles. The average Bonchev–Trinajstić information content (AvgIpc) is 2.91. The third kappa shape index (κ3) is 2.51. The lowest BCUT2D eigenvalue weighted by molar-refractivity contribution is 0.0600. The fourth-order valence-electron chi connectivity index (χ4n) is 1.69. The zero-order valence-electron chi connectivity index (χ0n) is 10.3. The first-order chi connectivity index (χ1) is 8.74. The van der Waals surface area contributed by atoms with Gasteiger partial charge in [0.05, 0.1) is 26.3 Å². The second-order valence-corrected chi connectivity index (χ2v) is 3.72. The summed E-state index contributed by atoms with van der Waals surface area (Å²) in [6, 6.07) is 7.08. The van der Waals surface area contributed by atoms with Crippen molar-refractivity contribution in [2.45, 2.75) is 6.54 Å². The number of ether oxygens (including phenoxy) is 2. The summed E-state index contributed by atoms with van der Waals surface area (Å²) in [4.78, 5) is 11.4. The maximum absolute atomic E-state index is 11.4. The van der Waals surface area contributed by atoms with E-state index >= 15 is 0 Å². The molecule has 94 valence electrons. The van der Waals surface area contributed by atoms with Crippen molar-refractivity contribution in [1.82, 2.24) is 9.78 Å². The Kier molecular flexibility index (Phi) is 3.62. The van der Waals surface area contributed by atoms with E-state index in [4.69, 9.17) is 4.74 Å². The summed E-state index contributed by atoms with van der Waals surface area (Å²) in [6.07, 6.45) is 3.59. The van der Waals surface area contributed by atoms with E-state index in [0.717, 1.165) is 5.56 Å². The van der Waals surface area contributed by atoms with Gasteiger partial charge >= 0.3 is 5.97 Å². The fourth-order valence-corrected chi connectivity index (χ4v) is 1.69. The van der Waals surface area contributed by atoms with Gasteiger partial charge in [0, 0.05) is 18.0 Å². The van der Waals surface area contributed by atoms with Crippen LogP contribution >= 0.6 is 0 Å². The van der Waals surface area contributed by atoms with Gasteiger partial charge in [-0.2, -0.15) is 5.10 Å². The van der Waals surface area contributed by atoms with Crippen LogP contribution < -0.4 is 4.74 Å². The predicted octanol–water partition coefficient (Wildman–Crippen LogP) is 1.73. The highest BCUT2D eigenvalue weighted by molar-refractivity contribution is 5.89. The van der Waals surface area contributed by atoms with E-state index in [1.165, 1.54) is 7.11 Å². The first-order valence-electron chi connectivity index (χ1n) is 5.47. The maximum atomic E-state index is 11.4. The zero-order valence-corrected chi connectivity index (χ0v) is 10.3. The van der Waals surface area contributed by atoms with Crippen LogP contribution in [0.2, 0.25) is 0 Å². The quantitative estimate of drug-likeness (QED) is 0.771. The summed E-state index contributed by atoms with van der Waals surface area (Å²) in [6.45, 7) is 0.595. The Morgan fingerprint density at radius 3 is 2.83 bits per heavy atom. The lowest BCUT2D eigenvalue weighted by Gasteiger charge is -2.10. The van der Waals surface area contributed by atoms with Crippen LogP contribution in [0.25, 0.3) is 0 Å². The van der Waals surface area contributed by atoms with Crippen LogP contribution in [-0.4, -0.2) is 30.0 Å². The number of nitrogens with zero attached hydrogens (tertiary/aromatic N) is 2. The minimum atomic E-state index is -0.376. The molecule has 0 aliphatic heterocycles. The number of rotatable bonds is 4. The molecule has 0 radical (unpaired) electrons. The molecule has 0 unspecified atom stereocenters. The van der Waals surface area contributed by atoms with E-state index in [0.29, 0.717) is 17.9 Å². The van der Waals surface area contributed by atoms with Gasteiger partial charge < -0.3 is 9.47 Å². The Morgan fingerprint density at radius 1 is 1.39 bits per heavy atom. The number of methoxy groups -OCH3 is 2. The summed E-state index contributed by atoms with van der Waals surface area (Å²) in [7, 11) is 2.93. The van der Waals surface area contributed by atoms with Crippen molar-refractivity contribution in [3.05, 3.63) is 47.8 Å². The van der Waals surface area contributed by atoms with Gasteiger partial charge in [-0.15, -0.1) is 0 Å². The van der Waals surface area contributed by atoms with Crippen molar-refractivity contribution in [3.63, 3.8) is 0 Å². The van der Waals surface area contributed by atoms with E-state index in [1.807, 2.05) is 18.3 Å². The number of carbonyl (C=O) groups excluding carboxylic acids is 1. The van der Waals surface area contributed by atoms with Crippen LogP contribution in [0.5, 0.6) is 5.75 Å². The molecule has 2 aromatic rings. The molecule has 0 aliphatic carbocycles. The molecule has 0 spiro atoms. The zero-order chi connectivity index (χ0) is 13.0. The molecular weight excluding hydrogens is 232 g/mol. The highest BCUT2D eigenvalue weighted by atomic mass is 16.5. The van der Waals surface area contributed by atoms with E-state index in [-0.39, 0.29) is 5.97 Å². The van der Waals surface area contributed by atoms with Crippen molar-refractivity contribution in [2.24, 2.45) is 0 Å². The van der Waals surface area contributed by atoms with Gasteiger partial charge in [0.25, 0.3) is 0 Å². The SMILES string of the molecule is COC(=O)c1ccc(Cn2cccn2)c(OC)c1. The van der Waals surface area contributed by atoms with Crippen molar-refractivity contribution in [1.29, 1.82) is 0 Å². The molecule has 1 heterocycles. The Morgan fingerprint density at radius 2 is 2.22 bits per heavy atom. The van der Waals surface area contributed by atoms with Crippen molar-refractivity contribution >= 4 is 5.97 Å². The molecule has 5 nitrogen and oxygen atoms in total. The van der Waals surface area contributed by atoms with Crippen LogP contribution in [0.15, 0.2) is 36.7 Å². The van der Waals surface area contributed by atoms with Crippen LogP contribution in [0.4, 0.5) is 0 Å². The molecule has 0 aliphatic rings. The third-order valence-corrected chi connectivity index (χ3v) is 2.60. The van der Waals surface area contributed by atoms with Crippen LogP contribution in [0, 0.1) is 0 Å². The molecule has 0 atom stereocenters. The summed E-state index contributed by atoms with van der Waals surface area (Å²) < 4.78 is 11.7. The number of hydrogen-bond acceptors (Lipinski definition) is 4. The largest absolute Gasteiger partial charge is 0.496 e. The normalized spacial score (nSPS) is 10.1. The molecule has 2 rings (SSSR count). The van der Waals surface area contributed by atoms with Gasteiger partial charge in [0.15, 0.2) is 0 Å². The van der Waals surface area contributed by atoms with Crippen molar-refractivity contribution < 1.29 is 14.3 Å². The molecule has 1 aromatic carbocycles. The van der Waals surface area contributed by atoms with Gasteiger partial charge in [-0.05, 0) is 18.2 Å². The van der Waals surface area contributed by atoms with Crippen LogP contribution in [0.1, 0.15) is 15.9 Å². The first kappa shape index (κ1) is 12.2. The fraction of sp³-hybridized carbons (Fsp3) is 0.231. The first-order valence-corrected chi connectivity index (χ1v) is 5.47. The number of carbonyl (C=O) groups is 1. The number of aromatic nitrogens is 2. The van der Waals surface area contributed by atoms with E-state index < -0.39 is 0 Å². The van der Waals surface area contributed by atoms with Crippen molar-refractivity contribution in [3.8, 4) is 5.75 Å². The molecule has 0 bridgehead atoms. The Bertz CT molecular complexity index is 535. The lowest BCUT2D eigenvalue weighted by atomic mass is 10.1. The Labute approximate surface area is 105 Å². The summed E-state index contributed by atoms with van der Waals surface area (Å²) >= 11 is 0. The summed E-state index contributed by atoms with van der Waals surface area (Å²) in [5.74, 6) is 0.271. The molecule has 0 saturated carbocycles. The molecule has 18 heavy (non-hydrogen) atoms. The smallest absolute Gasteiger partial charge is 0.337 e. The van der Waals surface area contributed by atoms with E-state index in [1.54, 1.807) is 30.1 Å². The molecule has 1 aromatic heterocycles. The Balaban J connectivity index is 2.28. The number of hydrogen-bond donors (Lipinski definition) is 0. The number of esters is 1. The molecule has 0 N–H and O–H groups in total. The van der Waals surface area contributed by atoms with Crippen LogP contribution in [-0.2, 0) is 11.3 Å². The summed E-state index contributed by atoms with van der Waals surface area (Å²) in [5.41, 5.74) is 1.42. The highest BCUT2D eigenvalue weighted by Gasteiger charge is 2.10.